The average molecular weight is 426 g/mol. The summed E-state index contributed by atoms with van der Waals surface area (Å²) < 4.78 is 42.0. The van der Waals surface area contributed by atoms with Gasteiger partial charge in [0.05, 0.1) is 5.56 Å². The summed E-state index contributed by atoms with van der Waals surface area (Å²) in [6.45, 7) is 1.57. The fourth-order valence-electron chi connectivity index (χ4n) is 2.70. The molecule has 0 unspecified atom stereocenters. The van der Waals surface area contributed by atoms with Gasteiger partial charge in [0.1, 0.15) is 0 Å². The van der Waals surface area contributed by atoms with E-state index in [1.165, 1.54) is 24.3 Å². The molecule has 154 valence electrons. The van der Waals surface area contributed by atoms with Crippen LogP contribution in [0.25, 0.3) is 0 Å². The third-order valence-electron chi connectivity index (χ3n) is 4.12. The number of carbonyl (C=O) groups excluding carboxylic acids is 2. The van der Waals surface area contributed by atoms with Crippen molar-refractivity contribution in [2.75, 3.05) is 37.7 Å². The second-order valence-electron chi connectivity index (χ2n) is 6.06. The summed E-state index contributed by atoms with van der Waals surface area (Å²) in [4.78, 5) is 36.1. The molecule has 1 aromatic carbocycles. The van der Waals surface area contributed by atoms with E-state index in [1.54, 1.807) is 23.4 Å². The van der Waals surface area contributed by atoms with E-state index in [1.807, 2.05) is 4.90 Å². The number of rotatable bonds is 5. The predicted octanol–water partition coefficient (Wildman–Crippen LogP) is 2.59. The second-order valence-corrected chi connectivity index (χ2v) is 7.20. The zero-order valence-corrected chi connectivity index (χ0v) is 15.9. The Morgan fingerprint density at radius 1 is 1.03 bits per heavy atom. The van der Waals surface area contributed by atoms with E-state index in [-0.39, 0.29) is 28.1 Å². The standard InChI is InChI=1S/C18H17F3N4O3S/c19-18(20,21)29-14-4-2-13(3-5-14)16(27)28-12-15(26)24-8-10-25(11-9-24)17-22-6-1-7-23-17/h1-7H,8-12H2. The van der Waals surface area contributed by atoms with Crippen molar-refractivity contribution in [2.24, 2.45) is 0 Å². The highest BCUT2D eigenvalue weighted by Crippen LogP contribution is 2.36. The van der Waals surface area contributed by atoms with Crippen LogP contribution < -0.4 is 4.90 Å². The van der Waals surface area contributed by atoms with Gasteiger partial charge in [-0.15, -0.1) is 0 Å². The monoisotopic (exact) mass is 426 g/mol. The van der Waals surface area contributed by atoms with Crippen LogP contribution in [0.1, 0.15) is 10.4 Å². The van der Waals surface area contributed by atoms with Gasteiger partial charge in [-0.1, -0.05) is 0 Å². The molecule has 0 aliphatic carbocycles. The third-order valence-corrected chi connectivity index (χ3v) is 4.86. The number of hydrogen-bond donors (Lipinski definition) is 0. The predicted molar refractivity (Wildman–Crippen MR) is 99.5 cm³/mol. The maximum Gasteiger partial charge on any atom is 0.446 e. The highest BCUT2D eigenvalue weighted by Gasteiger charge is 2.29. The number of halogens is 3. The van der Waals surface area contributed by atoms with Gasteiger partial charge in [0, 0.05) is 43.5 Å². The lowest BCUT2D eigenvalue weighted by molar-refractivity contribution is -0.134. The fourth-order valence-corrected chi connectivity index (χ4v) is 3.24. The summed E-state index contributed by atoms with van der Waals surface area (Å²) in [7, 11) is 0. The van der Waals surface area contributed by atoms with Gasteiger partial charge in [-0.25, -0.2) is 14.8 Å². The number of esters is 1. The molecule has 0 spiro atoms. The van der Waals surface area contributed by atoms with Crippen LogP contribution in [0.2, 0.25) is 0 Å². The van der Waals surface area contributed by atoms with E-state index in [0.29, 0.717) is 32.1 Å². The molecule has 0 saturated carbocycles. The first kappa shape index (κ1) is 20.9. The topological polar surface area (TPSA) is 75.6 Å². The first-order chi connectivity index (χ1) is 13.8. The molecule has 1 saturated heterocycles. The van der Waals surface area contributed by atoms with Crippen molar-refractivity contribution in [1.82, 2.24) is 14.9 Å². The quantitative estimate of drug-likeness (QED) is 0.537. The molecular formula is C18H17F3N4O3S. The minimum Gasteiger partial charge on any atom is -0.452 e. The van der Waals surface area contributed by atoms with Gasteiger partial charge in [-0.05, 0) is 42.1 Å². The van der Waals surface area contributed by atoms with E-state index >= 15 is 0 Å². The van der Waals surface area contributed by atoms with Crippen molar-refractivity contribution in [2.45, 2.75) is 10.4 Å². The summed E-state index contributed by atoms with van der Waals surface area (Å²) in [5.74, 6) is -0.507. The zero-order valence-electron chi connectivity index (χ0n) is 15.1. The maximum atomic E-state index is 12.3. The molecule has 7 nitrogen and oxygen atoms in total. The van der Waals surface area contributed by atoms with Crippen molar-refractivity contribution >= 4 is 29.6 Å². The van der Waals surface area contributed by atoms with Crippen LogP contribution in [-0.4, -0.2) is 65.0 Å². The molecule has 2 aromatic rings. The first-order valence-electron chi connectivity index (χ1n) is 8.64. The summed E-state index contributed by atoms with van der Waals surface area (Å²) in [6.07, 6.45) is 3.29. The summed E-state index contributed by atoms with van der Waals surface area (Å²) >= 11 is -0.269. The van der Waals surface area contributed by atoms with E-state index in [0.717, 1.165) is 0 Å². The minimum absolute atomic E-state index is 0.0367. The summed E-state index contributed by atoms with van der Waals surface area (Å²) in [5, 5.41) is 0. The van der Waals surface area contributed by atoms with Gasteiger partial charge >= 0.3 is 11.5 Å². The Morgan fingerprint density at radius 2 is 1.66 bits per heavy atom. The van der Waals surface area contributed by atoms with Gasteiger partial charge in [0.2, 0.25) is 5.95 Å². The van der Waals surface area contributed by atoms with Crippen LogP contribution in [0, 0.1) is 0 Å². The molecular weight excluding hydrogens is 409 g/mol. The molecule has 1 fully saturated rings. The van der Waals surface area contributed by atoms with Crippen molar-refractivity contribution in [3.05, 3.63) is 48.3 Å². The number of amides is 1. The molecule has 3 rings (SSSR count). The number of ether oxygens (including phenoxy) is 1. The van der Waals surface area contributed by atoms with Crippen LogP contribution in [0.15, 0.2) is 47.6 Å². The molecule has 2 heterocycles. The molecule has 29 heavy (non-hydrogen) atoms. The Bertz CT molecular complexity index is 842. The molecule has 0 atom stereocenters. The van der Waals surface area contributed by atoms with Gasteiger partial charge in [-0.3, -0.25) is 4.79 Å². The normalized spacial score (nSPS) is 14.6. The number of nitrogens with zero attached hydrogens (tertiary/aromatic N) is 4. The van der Waals surface area contributed by atoms with E-state index in [9.17, 15) is 22.8 Å². The number of piperazine rings is 1. The van der Waals surface area contributed by atoms with Crippen LogP contribution in [-0.2, 0) is 9.53 Å². The van der Waals surface area contributed by atoms with Gasteiger partial charge in [0.25, 0.3) is 5.91 Å². The fraction of sp³-hybridized carbons (Fsp3) is 0.333. The molecule has 0 radical (unpaired) electrons. The molecule has 11 heteroatoms. The van der Waals surface area contributed by atoms with Crippen LogP contribution in [0.5, 0.6) is 0 Å². The highest BCUT2D eigenvalue weighted by atomic mass is 32.2. The number of thioether (sulfide) groups is 1. The second kappa shape index (κ2) is 9.12. The summed E-state index contributed by atoms with van der Waals surface area (Å²) in [6, 6.07) is 6.56. The molecule has 0 bridgehead atoms. The van der Waals surface area contributed by atoms with Crippen LogP contribution in [0.4, 0.5) is 19.1 Å². The van der Waals surface area contributed by atoms with Crippen molar-refractivity contribution in [3.63, 3.8) is 0 Å². The average Bonchev–Trinajstić information content (AvgIpc) is 2.72. The third kappa shape index (κ3) is 6.08. The SMILES string of the molecule is O=C(OCC(=O)N1CCN(c2ncccn2)CC1)c1ccc(SC(F)(F)F)cc1. The van der Waals surface area contributed by atoms with Gasteiger partial charge in [0.15, 0.2) is 6.61 Å². The van der Waals surface area contributed by atoms with Crippen LogP contribution in [0.3, 0.4) is 0 Å². The maximum absolute atomic E-state index is 12.3. The Kier molecular flexibility index (Phi) is 6.57. The number of aromatic nitrogens is 2. The van der Waals surface area contributed by atoms with Gasteiger partial charge < -0.3 is 14.5 Å². The Hall–Kier alpha value is -2.82. The van der Waals surface area contributed by atoms with Crippen molar-refractivity contribution in [1.29, 1.82) is 0 Å². The Labute approximate surface area is 168 Å². The molecule has 1 amide bonds. The van der Waals surface area contributed by atoms with E-state index < -0.39 is 18.1 Å². The van der Waals surface area contributed by atoms with Crippen molar-refractivity contribution < 1.29 is 27.5 Å². The van der Waals surface area contributed by atoms with Gasteiger partial charge in [-0.2, -0.15) is 13.2 Å². The number of alkyl halides is 3. The highest BCUT2D eigenvalue weighted by molar-refractivity contribution is 8.00. The summed E-state index contributed by atoms with van der Waals surface area (Å²) in [5.41, 5.74) is -4.32. The van der Waals surface area contributed by atoms with Crippen LogP contribution >= 0.6 is 11.8 Å². The zero-order chi connectivity index (χ0) is 20.9. The smallest absolute Gasteiger partial charge is 0.446 e. The Morgan fingerprint density at radius 3 is 2.24 bits per heavy atom. The largest absolute Gasteiger partial charge is 0.452 e. The lowest BCUT2D eigenvalue weighted by atomic mass is 10.2. The van der Waals surface area contributed by atoms with Crippen molar-refractivity contribution in [3.8, 4) is 0 Å². The lowest BCUT2D eigenvalue weighted by Crippen LogP contribution is -2.50. The number of carbonyl (C=O) groups is 2. The van der Waals surface area contributed by atoms with E-state index in [4.69, 9.17) is 4.74 Å². The molecule has 0 N–H and O–H groups in total. The Balaban J connectivity index is 1.45. The minimum atomic E-state index is -4.40. The number of benzene rings is 1. The first-order valence-corrected chi connectivity index (χ1v) is 9.46. The lowest BCUT2D eigenvalue weighted by Gasteiger charge is -2.34. The molecule has 1 aliphatic heterocycles. The molecule has 1 aromatic heterocycles. The van der Waals surface area contributed by atoms with E-state index in [2.05, 4.69) is 9.97 Å². The number of anilines is 1. The number of hydrogen-bond acceptors (Lipinski definition) is 7. The molecule has 1 aliphatic rings.